The summed E-state index contributed by atoms with van der Waals surface area (Å²) in [4.78, 5) is 0. The summed E-state index contributed by atoms with van der Waals surface area (Å²) in [5.41, 5.74) is 0. The number of allylic oxidation sites excluding steroid dienone is 4. The zero-order chi connectivity index (χ0) is 6.24. The van der Waals surface area contributed by atoms with E-state index in [-0.39, 0.29) is 23.1 Å². The van der Waals surface area contributed by atoms with Crippen molar-refractivity contribution in [3.63, 3.8) is 0 Å². The van der Waals surface area contributed by atoms with E-state index >= 15 is 0 Å². The van der Waals surface area contributed by atoms with E-state index in [4.69, 9.17) is 0 Å². The molecule has 46 valence electrons. The fourth-order valence-corrected chi connectivity index (χ4v) is 0.340. The first-order chi connectivity index (χ1) is 3.91. The van der Waals surface area contributed by atoms with Crippen LogP contribution in [0.4, 0.5) is 0 Å². The van der Waals surface area contributed by atoms with Gasteiger partial charge in [-0.1, -0.05) is 0 Å². The molecule has 1 heteroatoms. The molecule has 0 spiro atoms. The first-order valence-electron chi connectivity index (χ1n) is 2.87. The van der Waals surface area contributed by atoms with Gasteiger partial charge in [-0.3, -0.25) is 6.08 Å². The van der Waals surface area contributed by atoms with E-state index in [1.165, 1.54) is 0 Å². The molecule has 0 saturated carbocycles. The van der Waals surface area contributed by atoms with Gasteiger partial charge in [0.1, 0.15) is 0 Å². The molecular formula is C8H12Mg. The van der Waals surface area contributed by atoms with Gasteiger partial charge in [-0.15, -0.1) is 6.42 Å². The molecule has 0 unspecified atom stereocenters. The van der Waals surface area contributed by atoms with Crippen LogP contribution in [0, 0.1) is 12.5 Å². The van der Waals surface area contributed by atoms with E-state index in [1.54, 1.807) is 0 Å². The molecule has 0 N–H and O–H groups in total. The summed E-state index contributed by atoms with van der Waals surface area (Å²) in [6, 6.07) is 0. The molecule has 1 rings (SSSR count). The second-order valence-corrected chi connectivity index (χ2v) is 1.58. The average molecular weight is 132 g/mol. The second kappa shape index (κ2) is 11.1. The van der Waals surface area contributed by atoms with Crippen molar-refractivity contribution in [3.8, 4) is 0 Å². The minimum atomic E-state index is 0. The van der Waals surface area contributed by atoms with Gasteiger partial charge in [-0.25, -0.2) is 12.2 Å². The molecule has 0 aromatic heterocycles. The predicted octanol–water partition coefficient (Wildman–Crippen LogP) is 2.16. The molecule has 0 saturated heterocycles. The maximum atomic E-state index is 2.99. The topological polar surface area (TPSA) is 0 Å². The first kappa shape index (κ1) is 12.0. The van der Waals surface area contributed by atoms with E-state index in [1.807, 2.05) is 32.4 Å². The maximum absolute atomic E-state index is 2.99. The van der Waals surface area contributed by atoms with Crippen LogP contribution in [-0.2, 0) is 0 Å². The third-order valence-electron chi connectivity index (χ3n) is 0.586. The third kappa shape index (κ3) is 11.7. The Morgan fingerprint density at radius 3 is 2.11 bits per heavy atom. The van der Waals surface area contributed by atoms with Crippen molar-refractivity contribution in [2.45, 2.75) is 20.3 Å². The van der Waals surface area contributed by atoms with Crippen LogP contribution >= 0.6 is 0 Å². The number of hydrogen-bond donors (Lipinski definition) is 0. The van der Waals surface area contributed by atoms with Crippen molar-refractivity contribution in [3.05, 3.63) is 30.7 Å². The van der Waals surface area contributed by atoms with Crippen LogP contribution in [0.2, 0.25) is 0 Å². The van der Waals surface area contributed by atoms with Gasteiger partial charge in [0.25, 0.3) is 0 Å². The quantitative estimate of drug-likeness (QED) is 0.350. The van der Waals surface area contributed by atoms with Crippen molar-refractivity contribution in [2.75, 3.05) is 0 Å². The predicted molar refractivity (Wildman–Crippen MR) is 43.0 cm³/mol. The van der Waals surface area contributed by atoms with E-state index in [0.717, 1.165) is 6.42 Å². The largest absolute Gasteiger partial charge is 2.00 e. The first-order valence-corrected chi connectivity index (χ1v) is 2.87. The summed E-state index contributed by atoms with van der Waals surface area (Å²) in [5.74, 6) is 0. The van der Waals surface area contributed by atoms with Crippen LogP contribution in [-0.4, -0.2) is 23.1 Å². The van der Waals surface area contributed by atoms with Gasteiger partial charge in [0.2, 0.25) is 0 Å². The normalized spacial score (nSPS) is 11.8. The Kier molecular flexibility index (Phi) is 14.8. The van der Waals surface area contributed by atoms with Gasteiger partial charge >= 0.3 is 23.1 Å². The minimum absolute atomic E-state index is 0. The molecule has 0 aliphatic heterocycles. The standard InChI is InChI=1S/C5H5.C3H7.Mg/c1-2-4-5-3-1;1-3-2;/h1-3H,4H2;3H,1-2H3;/q2*-1;+2. The Balaban J connectivity index is 0. The molecule has 0 nitrogen and oxygen atoms in total. The monoisotopic (exact) mass is 132 g/mol. The molecule has 0 amide bonds. The summed E-state index contributed by atoms with van der Waals surface area (Å²) in [7, 11) is 0. The molecule has 9 heavy (non-hydrogen) atoms. The van der Waals surface area contributed by atoms with Crippen LogP contribution in [0.3, 0.4) is 0 Å². The summed E-state index contributed by atoms with van der Waals surface area (Å²) in [5, 5.41) is 0. The molecule has 0 bridgehead atoms. The van der Waals surface area contributed by atoms with Crippen molar-refractivity contribution < 1.29 is 0 Å². The van der Waals surface area contributed by atoms with Gasteiger partial charge in [-0.05, 0) is 0 Å². The molecule has 1 aliphatic carbocycles. The smallest absolute Gasteiger partial charge is 0.335 e. The van der Waals surface area contributed by atoms with E-state index in [9.17, 15) is 0 Å². The average Bonchev–Trinajstić information content (AvgIpc) is 2.17. The van der Waals surface area contributed by atoms with Crippen LogP contribution < -0.4 is 0 Å². The van der Waals surface area contributed by atoms with E-state index in [0.29, 0.717) is 0 Å². The number of hydrogen-bond acceptors (Lipinski definition) is 0. The summed E-state index contributed by atoms with van der Waals surface area (Å²) in [6.45, 7) is 4.00. The Labute approximate surface area is 74.2 Å². The fourth-order valence-electron chi connectivity index (χ4n) is 0.340. The van der Waals surface area contributed by atoms with Gasteiger partial charge in [0.05, 0.1) is 0 Å². The molecule has 1 aliphatic rings. The zero-order valence-corrected chi connectivity index (χ0v) is 7.64. The molecule has 0 atom stereocenters. The maximum Gasteiger partial charge on any atom is 2.00 e. The number of rotatable bonds is 0. The van der Waals surface area contributed by atoms with Gasteiger partial charge in [0, 0.05) is 0 Å². The minimum Gasteiger partial charge on any atom is -0.335 e. The van der Waals surface area contributed by atoms with Gasteiger partial charge in [-0.2, -0.15) is 19.9 Å². The van der Waals surface area contributed by atoms with Crippen LogP contribution in [0.5, 0.6) is 0 Å². The zero-order valence-electron chi connectivity index (χ0n) is 6.22. The van der Waals surface area contributed by atoms with Crippen molar-refractivity contribution in [2.24, 2.45) is 0 Å². The molecule has 0 fully saturated rings. The van der Waals surface area contributed by atoms with E-state index < -0.39 is 0 Å². The second-order valence-electron chi connectivity index (χ2n) is 1.58. The van der Waals surface area contributed by atoms with Crippen LogP contribution in [0.15, 0.2) is 18.2 Å². The third-order valence-corrected chi connectivity index (χ3v) is 0.586. The Morgan fingerprint density at radius 1 is 1.44 bits per heavy atom. The molecule has 0 aromatic rings. The Morgan fingerprint density at radius 2 is 2.00 bits per heavy atom. The Bertz CT molecular complexity index is 72.6. The molecule has 0 aromatic carbocycles. The van der Waals surface area contributed by atoms with Gasteiger partial charge in [0.15, 0.2) is 0 Å². The van der Waals surface area contributed by atoms with Crippen LogP contribution in [0.25, 0.3) is 0 Å². The summed E-state index contributed by atoms with van der Waals surface area (Å²) >= 11 is 0. The van der Waals surface area contributed by atoms with E-state index in [2.05, 4.69) is 12.2 Å². The van der Waals surface area contributed by atoms with Gasteiger partial charge < -0.3 is 6.42 Å². The summed E-state index contributed by atoms with van der Waals surface area (Å²) < 4.78 is 0. The van der Waals surface area contributed by atoms with Crippen molar-refractivity contribution in [1.29, 1.82) is 0 Å². The molecule has 0 heterocycles. The van der Waals surface area contributed by atoms with Crippen LogP contribution in [0.1, 0.15) is 20.3 Å². The fraction of sp³-hybridized carbons (Fsp3) is 0.375. The SMILES string of the molecule is C[CH-]C.[C-]1=CC=CC1.[Mg+2]. The molecule has 0 radical (unpaired) electrons. The molecular weight excluding hydrogens is 120 g/mol. The Hall–Kier alpha value is 0.246. The van der Waals surface area contributed by atoms with Crippen molar-refractivity contribution in [1.82, 2.24) is 0 Å². The summed E-state index contributed by atoms with van der Waals surface area (Å²) in [6.07, 6.45) is 12.0. The van der Waals surface area contributed by atoms with Crippen molar-refractivity contribution >= 4 is 23.1 Å².